The molecule has 1 aromatic carbocycles. The number of methoxy groups -OCH3 is 2. The van der Waals surface area contributed by atoms with Crippen LogP contribution in [0, 0.1) is 5.41 Å². The first-order valence-corrected chi connectivity index (χ1v) is 10.6. The minimum Gasteiger partial charge on any atom is -0.370 e. The Labute approximate surface area is 172 Å². The molecule has 2 saturated heterocycles. The van der Waals surface area contributed by atoms with Crippen LogP contribution in [0.1, 0.15) is 36.0 Å². The molecule has 7 nitrogen and oxygen atoms in total. The van der Waals surface area contributed by atoms with Gasteiger partial charge in [0.25, 0.3) is 0 Å². The third-order valence-corrected chi connectivity index (χ3v) is 6.75. The minimum absolute atomic E-state index is 0.0328. The number of carbonyl (C=O) groups is 1. The van der Waals surface area contributed by atoms with E-state index < -0.39 is 0 Å². The molecule has 0 aromatic heterocycles. The van der Waals surface area contributed by atoms with Gasteiger partial charge in [0, 0.05) is 46.4 Å². The fourth-order valence-corrected chi connectivity index (χ4v) is 4.99. The maximum atomic E-state index is 12.2. The first-order valence-electron chi connectivity index (χ1n) is 10.6. The van der Waals surface area contributed by atoms with E-state index in [1.807, 2.05) is 23.3 Å². The van der Waals surface area contributed by atoms with Crippen molar-refractivity contribution in [3.8, 4) is 0 Å². The highest BCUT2D eigenvalue weighted by molar-refractivity contribution is 5.89. The molecule has 3 fully saturated rings. The van der Waals surface area contributed by atoms with Gasteiger partial charge < -0.3 is 19.0 Å². The van der Waals surface area contributed by atoms with Crippen LogP contribution in [0.25, 0.3) is 0 Å². The third-order valence-electron chi connectivity index (χ3n) is 6.75. The molecule has 29 heavy (non-hydrogen) atoms. The summed E-state index contributed by atoms with van der Waals surface area (Å²) in [5.74, 6) is -0.266. The number of morpholine rings is 1. The van der Waals surface area contributed by atoms with Gasteiger partial charge in [-0.15, -0.1) is 5.06 Å². The van der Waals surface area contributed by atoms with Gasteiger partial charge in [-0.2, -0.15) is 0 Å². The van der Waals surface area contributed by atoms with E-state index in [9.17, 15) is 4.79 Å². The summed E-state index contributed by atoms with van der Waals surface area (Å²) in [4.78, 5) is 20.4. The second kappa shape index (κ2) is 9.10. The Morgan fingerprint density at radius 1 is 1.10 bits per heavy atom. The fraction of sp³-hybridized carbons (Fsp3) is 0.682. The first kappa shape index (κ1) is 20.8. The predicted octanol–water partition coefficient (Wildman–Crippen LogP) is 2.32. The summed E-state index contributed by atoms with van der Waals surface area (Å²) < 4.78 is 16.6. The van der Waals surface area contributed by atoms with Crippen molar-refractivity contribution in [2.24, 2.45) is 5.41 Å². The molecule has 4 rings (SSSR count). The van der Waals surface area contributed by atoms with Crippen LogP contribution in [0.3, 0.4) is 0 Å². The molecule has 0 N–H and O–H groups in total. The van der Waals surface area contributed by atoms with Crippen LogP contribution < -0.4 is 0 Å². The smallest absolute Gasteiger partial charge is 0.357 e. The quantitative estimate of drug-likeness (QED) is 0.675. The van der Waals surface area contributed by atoms with Crippen molar-refractivity contribution < 1.29 is 23.8 Å². The van der Waals surface area contributed by atoms with Crippen molar-refractivity contribution in [3.63, 3.8) is 0 Å². The topological polar surface area (TPSA) is 60.5 Å². The molecule has 2 aliphatic heterocycles. The summed E-state index contributed by atoms with van der Waals surface area (Å²) in [7, 11) is 3.32. The van der Waals surface area contributed by atoms with Crippen LogP contribution in [0.2, 0.25) is 0 Å². The van der Waals surface area contributed by atoms with Crippen molar-refractivity contribution in [1.29, 1.82) is 0 Å². The van der Waals surface area contributed by atoms with Crippen molar-refractivity contribution in [2.45, 2.75) is 44.1 Å². The number of hydroxylamine groups is 2. The Bertz CT molecular complexity index is 665. The third kappa shape index (κ3) is 4.64. The summed E-state index contributed by atoms with van der Waals surface area (Å²) in [6.45, 7) is 4.17. The van der Waals surface area contributed by atoms with Gasteiger partial charge in [-0.3, -0.25) is 4.90 Å². The van der Waals surface area contributed by atoms with E-state index in [1.165, 1.54) is 12.8 Å². The number of carbonyl (C=O) groups excluding carboxylic acids is 1. The number of rotatable bonds is 6. The van der Waals surface area contributed by atoms with E-state index >= 15 is 0 Å². The van der Waals surface area contributed by atoms with Gasteiger partial charge in [0.05, 0.1) is 12.2 Å². The van der Waals surface area contributed by atoms with Gasteiger partial charge in [-0.05, 0) is 43.2 Å². The average molecular weight is 405 g/mol. The number of hydrogen-bond donors (Lipinski definition) is 0. The molecule has 1 spiro atoms. The highest BCUT2D eigenvalue weighted by atomic mass is 16.7. The molecule has 2 heterocycles. The number of benzene rings is 1. The molecule has 160 valence electrons. The average Bonchev–Trinajstić information content (AvgIpc) is 2.74. The van der Waals surface area contributed by atoms with Gasteiger partial charge in [0.15, 0.2) is 6.29 Å². The first-order chi connectivity index (χ1) is 14.1. The molecule has 1 aliphatic carbocycles. The van der Waals surface area contributed by atoms with Gasteiger partial charge in [-0.1, -0.05) is 18.2 Å². The highest BCUT2D eigenvalue weighted by Crippen LogP contribution is 2.51. The molecule has 7 heteroatoms. The van der Waals surface area contributed by atoms with Crippen LogP contribution in [0.15, 0.2) is 30.3 Å². The highest BCUT2D eigenvalue weighted by Gasteiger charge is 2.49. The molecule has 1 atom stereocenters. The van der Waals surface area contributed by atoms with Crippen LogP contribution in [0.5, 0.6) is 0 Å². The van der Waals surface area contributed by atoms with Crippen molar-refractivity contribution in [3.05, 3.63) is 35.9 Å². The fourth-order valence-electron chi connectivity index (χ4n) is 4.99. The zero-order valence-corrected chi connectivity index (χ0v) is 17.4. The monoisotopic (exact) mass is 404 g/mol. The van der Waals surface area contributed by atoms with E-state index in [0.29, 0.717) is 17.0 Å². The van der Waals surface area contributed by atoms with Gasteiger partial charge in [-0.25, -0.2) is 4.79 Å². The van der Waals surface area contributed by atoms with Crippen molar-refractivity contribution >= 4 is 5.97 Å². The Morgan fingerprint density at radius 3 is 2.45 bits per heavy atom. The second-order valence-corrected chi connectivity index (χ2v) is 8.48. The summed E-state index contributed by atoms with van der Waals surface area (Å²) in [5.41, 5.74) is 1.000. The number of piperidine rings is 1. The van der Waals surface area contributed by atoms with E-state index in [0.717, 1.165) is 45.6 Å². The van der Waals surface area contributed by atoms with Crippen molar-refractivity contribution in [2.75, 3.05) is 47.0 Å². The van der Waals surface area contributed by atoms with Gasteiger partial charge in [0.2, 0.25) is 0 Å². The molecular weight excluding hydrogens is 372 g/mol. The van der Waals surface area contributed by atoms with E-state index in [1.54, 1.807) is 26.4 Å². The SMILES string of the molecule is COC(OC)[C@H]1CN(C2CC3(CCN(OC(=O)c4ccccc4)CC3)C2)CCO1. The number of nitrogens with zero attached hydrogens (tertiary/aromatic N) is 2. The standard InChI is InChI=1S/C22H32N2O5/c1-26-21(27-2)19-16-23(12-13-28-19)18-14-22(15-18)8-10-24(11-9-22)29-20(25)17-6-4-3-5-7-17/h3-7,18-19,21H,8-16H2,1-2H3/t19-/m1/s1. The zero-order valence-electron chi connectivity index (χ0n) is 17.4. The second-order valence-electron chi connectivity index (χ2n) is 8.48. The molecular formula is C22H32N2O5. The molecule has 1 saturated carbocycles. The normalized spacial score (nSPS) is 25.8. The number of hydrogen-bond acceptors (Lipinski definition) is 7. The Balaban J connectivity index is 1.23. The lowest BCUT2D eigenvalue weighted by atomic mass is 9.60. The van der Waals surface area contributed by atoms with E-state index in [-0.39, 0.29) is 18.4 Å². The number of ether oxygens (including phenoxy) is 3. The van der Waals surface area contributed by atoms with Crippen LogP contribution >= 0.6 is 0 Å². The molecule has 0 unspecified atom stereocenters. The zero-order chi connectivity index (χ0) is 20.3. The van der Waals surface area contributed by atoms with Crippen LogP contribution in [0.4, 0.5) is 0 Å². The van der Waals surface area contributed by atoms with Crippen molar-refractivity contribution in [1.82, 2.24) is 9.96 Å². The largest absolute Gasteiger partial charge is 0.370 e. The lowest BCUT2D eigenvalue weighted by molar-refractivity contribution is -0.210. The summed E-state index contributed by atoms with van der Waals surface area (Å²) in [6, 6.07) is 9.79. The maximum absolute atomic E-state index is 12.2. The molecule has 1 aromatic rings. The summed E-state index contributed by atoms with van der Waals surface area (Å²) in [5, 5.41) is 1.83. The summed E-state index contributed by atoms with van der Waals surface area (Å²) in [6.07, 6.45) is 4.25. The Morgan fingerprint density at radius 2 is 1.79 bits per heavy atom. The molecule has 0 amide bonds. The molecule has 0 bridgehead atoms. The van der Waals surface area contributed by atoms with E-state index in [2.05, 4.69) is 4.90 Å². The van der Waals surface area contributed by atoms with Crippen LogP contribution in [-0.4, -0.2) is 81.4 Å². The lowest BCUT2D eigenvalue weighted by Gasteiger charge is -2.56. The molecule has 0 radical (unpaired) electrons. The van der Waals surface area contributed by atoms with Crippen LogP contribution in [-0.2, 0) is 19.0 Å². The summed E-state index contributed by atoms with van der Waals surface area (Å²) >= 11 is 0. The predicted molar refractivity (Wildman–Crippen MR) is 107 cm³/mol. The minimum atomic E-state index is -0.311. The maximum Gasteiger partial charge on any atom is 0.357 e. The van der Waals surface area contributed by atoms with Gasteiger partial charge >= 0.3 is 5.97 Å². The van der Waals surface area contributed by atoms with Gasteiger partial charge in [0.1, 0.15) is 6.10 Å². The van der Waals surface area contributed by atoms with E-state index in [4.69, 9.17) is 19.0 Å². The lowest BCUT2D eigenvalue weighted by Crippen LogP contribution is -2.59. The Kier molecular flexibility index (Phi) is 6.51. The molecule has 3 aliphatic rings. The Hall–Kier alpha value is -1.51.